The maximum atomic E-state index is 5.59. The van der Waals surface area contributed by atoms with Gasteiger partial charge in [-0.2, -0.15) is 0 Å². The monoisotopic (exact) mass is 274 g/mol. The Labute approximate surface area is 117 Å². The Morgan fingerprint density at radius 1 is 1.42 bits per heavy atom. The van der Waals surface area contributed by atoms with E-state index >= 15 is 0 Å². The molecule has 3 nitrogen and oxygen atoms in total. The number of hydrogen-bond donors (Lipinski definition) is 1. The van der Waals surface area contributed by atoms with Crippen molar-refractivity contribution in [3.63, 3.8) is 0 Å². The van der Waals surface area contributed by atoms with Crippen LogP contribution in [0.4, 0.5) is 0 Å². The molecule has 1 atom stereocenters. The first-order chi connectivity index (χ1) is 9.36. The van der Waals surface area contributed by atoms with Crippen molar-refractivity contribution >= 4 is 11.8 Å². The van der Waals surface area contributed by atoms with Crippen LogP contribution in [0.25, 0.3) is 0 Å². The maximum absolute atomic E-state index is 5.59. The fourth-order valence-electron chi connectivity index (χ4n) is 2.34. The number of thioether (sulfide) groups is 1. The number of fused-ring (bicyclic) bond motifs is 1. The van der Waals surface area contributed by atoms with Gasteiger partial charge in [-0.05, 0) is 11.6 Å². The van der Waals surface area contributed by atoms with Gasteiger partial charge in [-0.3, -0.25) is 0 Å². The number of nitrogens with one attached hydrogen (secondary N) is 1. The third kappa shape index (κ3) is 2.85. The van der Waals surface area contributed by atoms with Gasteiger partial charge in [0.15, 0.2) is 0 Å². The Kier molecular flexibility index (Phi) is 3.89. The molecule has 0 spiro atoms. The molecule has 1 aromatic carbocycles. The highest BCUT2D eigenvalue weighted by molar-refractivity contribution is 7.99. The lowest BCUT2D eigenvalue weighted by molar-refractivity contribution is 0.436. The molecule has 19 heavy (non-hydrogen) atoms. The number of benzene rings is 1. The van der Waals surface area contributed by atoms with Gasteiger partial charge in [-0.15, -0.1) is 11.8 Å². The van der Waals surface area contributed by atoms with Gasteiger partial charge in [0.25, 0.3) is 0 Å². The number of nitrogens with zero attached hydrogens (tertiary/aromatic N) is 1. The SMILES string of the molecule is CCc1cnc(CNCC2CSc3ccccc32)o1. The summed E-state index contributed by atoms with van der Waals surface area (Å²) in [5, 5.41) is 3.45. The van der Waals surface area contributed by atoms with Crippen LogP contribution in [-0.2, 0) is 13.0 Å². The van der Waals surface area contributed by atoms with E-state index < -0.39 is 0 Å². The van der Waals surface area contributed by atoms with Crippen LogP contribution in [-0.4, -0.2) is 17.3 Å². The first kappa shape index (κ1) is 12.8. The average molecular weight is 274 g/mol. The zero-order chi connectivity index (χ0) is 13.1. The molecule has 1 N–H and O–H groups in total. The van der Waals surface area contributed by atoms with Crippen LogP contribution in [0.5, 0.6) is 0 Å². The summed E-state index contributed by atoms with van der Waals surface area (Å²) in [4.78, 5) is 5.69. The Bertz CT molecular complexity index is 553. The highest BCUT2D eigenvalue weighted by Crippen LogP contribution is 2.38. The second-order valence-electron chi connectivity index (χ2n) is 4.75. The van der Waals surface area contributed by atoms with Crippen LogP contribution >= 0.6 is 11.8 Å². The van der Waals surface area contributed by atoms with E-state index in [0.29, 0.717) is 12.5 Å². The van der Waals surface area contributed by atoms with Crippen LogP contribution in [0.2, 0.25) is 0 Å². The van der Waals surface area contributed by atoms with Crippen molar-refractivity contribution in [2.24, 2.45) is 0 Å². The number of aromatic nitrogens is 1. The molecular formula is C15H18N2OS. The van der Waals surface area contributed by atoms with Crippen molar-refractivity contribution in [1.82, 2.24) is 10.3 Å². The van der Waals surface area contributed by atoms with E-state index in [1.165, 1.54) is 10.5 Å². The summed E-state index contributed by atoms with van der Waals surface area (Å²) in [6, 6.07) is 8.68. The normalized spacial score (nSPS) is 17.6. The van der Waals surface area contributed by atoms with Gasteiger partial charge in [-0.25, -0.2) is 4.98 Å². The Balaban J connectivity index is 1.53. The summed E-state index contributed by atoms with van der Waals surface area (Å²) in [7, 11) is 0. The first-order valence-corrected chi connectivity index (χ1v) is 7.71. The van der Waals surface area contributed by atoms with Crippen molar-refractivity contribution in [1.29, 1.82) is 0 Å². The van der Waals surface area contributed by atoms with E-state index in [9.17, 15) is 0 Å². The molecule has 1 aliphatic rings. The van der Waals surface area contributed by atoms with Gasteiger partial charge in [0.1, 0.15) is 5.76 Å². The fraction of sp³-hybridized carbons (Fsp3) is 0.400. The number of oxazole rings is 1. The van der Waals surface area contributed by atoms with Crippen LogP contribution in [0.1, 0.15) is 30.1 Å². The predicted molar refractivity (Wildman–Crippen MR) is 77.5 cm³/mol. The number of rotatable bonds is 5. The molecule has 3 rings (SSSR count). The second kappa shape index (κ2) is 5.80. The Morgan fingerprint density at radius 2 is 2.32 bits per heavy atom. The smallest absolute Gasteiger partial charge is 0.208 e. The van der Waals surface area contributed by atoms with Gasteiger partial charge in [0.05, 0.1) is 12.7 Å². The zero-order valence-corrected chi connectivity index (χ0v) is 11.9. The molecule has 4 heteroatoms. The van der Waals surface area contributed by atoms with Crippen LogP contribution in [0.3, 0.4) is 0 Å². The molecule has 1 aliphatic heterocycles. The molecule has 2 heterocycles. The highest BCUT2D eigenvalue weighted by atomic mass is 32.2. The molecule has 0 fully saturated rings. The van der Waals surface area contributed by atoms with Crippen molar-refractivity contribution < 1.29 is 4.42 Å². The van der Waals surface area contributed by atoms with E-state index in [1.807, 2.05) is 18.0 Å². The number of aryl methyl sites for hydroxylation is 1. The van der Waals surface area contributed by atoms with Gasteiger partial charge < -0.3 is 9.73 Å². The summed E-state index contributed by atoms with van der Waals surface area (Å²) in [5.74, 6) is 3.51. The molecule has 0 saturated carbocycles. The fourth-order valence-corrected chi connectivity index (χ4v) is 3.60. The van der Waals surface area contributed by atoms with Crippen LogP contribution in [0.15, 0.2) is 39.8 Å². The maximum Gasteiger partial charge on any atom is 0.208 e. The molecule has 1 unspecified atom stereocenters. The second-order valence-corrected chi connectivity index (χ2v) is 5.81. The van der Waals surface area contributed by atoms with Crippen LogP contribution < -0.4 is 5.32 Å². The number of hydrogen-bond acceptors (Lipinski definition) is 4. The van der Waals surface area contributed by atoms with Crippen molar-refractivity contribution in [2.75, 3.05) is 12.3 Å². The molecule has 0 saturated heterocycles. The summed E-state index contributed by atoms with van der Waals surface area (Å²) in [6.07, 6.45) is 2.72. The molecular weight excluding hydrogens is 256 g/mol. The highest BCUT2D eigenvalue weighted by Gasteiger charge is 2.22. The lowest BCUT2D eigenvalue weighted by Crippen LogP contribution is -2.21. The van der Waals surface area contributed by atoms with E-state index in [2.05, 4.69) is 41.5 Å². The van der Waals surface area contributed by atoms with E-state index in [0.717, 1.165) is 30.4 Å². The zero-order valence-electron chi connectivity index (χ0n) is 11.1. The molecule has 2 aromatic rings. The minimum atomic E-state index is 0.599. The molecule has 1 aromatic heterocycles. The van der Waals surface area contributed by atoms with E-state index in [4.69, 9.17) is 4.42 Å². The third-order valence-electron chi connectivity index (χ3n) is 3.42. The lowest BCUT2D eigenvalue weighted by Gasteiger charge is -2.10. The average Bonchev–Trinajstić information content (AvgIpc) is 3.06. The van der Waals surface area contributed by atoms with Crippen molar-refractivity contribution in [3.05, 3.63) is 47.7 Å². The largest absolute Gasteiger partial charge is 0.444 e. The molecule has 0 aliphatic carbocycles. The minimum Gasteiger partial charge on any atom is -0.444 e. The summed E-state index contributed by atoms with van der Waals surface area (Å²) in [6.45, 7) is 3.77. The van der Waals surface area contributed by atoms with Gasteiger partial charge in [0, 0.05) is 29.5 Å². The quantitative estimate of drug-likeness (QED) is 0.908. The van der Waals surface area contributed by atoms with E-state index in [1.54, 1.807) is 0 Å². The summed E-state index contributed by atoms with van der Waals surface area (Å²) >= 11 is 1.95. The Hall–Kier alpha value is -1.26. The molecule has 0 bridgehead atoms. The van der Waals surface area contributed by atoms with Gasteiger partial charge in [0.2, 0.25) is 5.89 Å². The van der Waals surface area contributed by atoms with Gasteiger partial charge >= 0.3 is 0 Å². The summed E-state index contributed by atoms with van der Waals surface area (Å²) < 4.78 is 5.59. The Morgan fingerprint density at radius 3 is 3.16 bits per heavy atom. The topological polar surface area (TPSA) is 38.1 Å². The minimum absolute atomic E-state index is 0.599. The first-order valence-electron chi connectivity index (χ1n) is 6.73. The molecule has 100 valence electrons. The standard InChI is InChI=1S/C15H18N2OS/c1-2-12-8-17-15(18-12)9-16-7-11-10-19-14-6-4-3-5-13(11)14/h3-6,8,11,16H,2,7,9-10H2,1H3. The van der Waals surface area contributed by atoms with Crippen LogP contribution in [0, 0.1) is 0 Å². The third-order valence-corrected chi connectivity index (χ3v) is 4.67. The van der Waals surface area contributed by atoms with Crippen molar-refractivity contribution in [2.45, 2.75) is 30.7 Å². The molecule has 0 radical (unpaired) electrons. The summed E-state index contributed by atoms with van der Waals surface area (Å²) in [5.41, 5.74) is 1.47. The van der Waals surface area contributed by atoms with E-state index in [-0.39, 0.29) is 0 Å². The van der Waals surface area contributed by atoms with Gasteiger partial charge in [-0.1, -0.05) is 25.1 Å². The van der Waals surface area contributed by atoms with Crippen molar-refractivity contribution in [3.8, 4) is 0 Å². The molecule has 0 amide bonds. The predicted octanol–water partition coefficient (Wildman–Crippen LogP) is 3.22. The lowest BCUT2D eigenvalue weighted by atomic mass is 10.0.